The number of fused-ring (bicyclic) bond motifs is 1. The van der Waals surface area contributed by atoms with Crippen LogP contribution < -0.4 is 9.64 Å². The van der Waals surface area contributed by atoms with Crippen molar-refractivity contribution in [2.24, 2.45) is 5.92 Å². The van der Waals surface area contributed by atoms with E-state index in [1.165, 1.54) is 6.33 Å². The normalized spacial score (nSPS) is 21.0. The topological polar surface area (TPSA) is 60.2 Å². The van der Waals surface area contributed by atoms with Crippen LogP contribution in [-0.4, -0.2) is 27.8 Å². The zero-order chi connectivity index (χ0) is 20.0. The largest absolute Gasteiger partial charge is 0.497 e. The number of benzene rings is 2. The van der Waals surface area contributed by atoms with Gasteiger partial charge in [0.2, 0.25) is 11.9 Å². The molecule has 2 atom stereocenters. The van der Waals surface area contributed by atoms with Gasteiger partial charge in [0.05, 0.1) is 19.2 Å². The number of anilines is 1. The second-order valence-corrected chi connectivity index (χ2v) is 8.02. The predicted molar refractivity (Wildman–Crippen MR) is 110 cm³/mol. The Morgan fingerprint density at radius 2 is 1.69 bits per heavy atom. The van der Waals surface area contributed by atoms with Gasteiger partial charge in [-0.05, 0) is 54.7 Å². The first kappa shape index (κ1) is 18.2. The zero-order valence-electron chi connectivity index (χ0n) is 16.0. The summed E-state index contributed by atoms with van der Waals surface area (Å²) in [5, 5.41) is 5.15. The molecule has 0 bridgehead atoms. The number of hydrogen-bond donors (Lipinski definition) is 0. The van der Waals surface area contributed by atoms with Crippen molar-refractivity contribution in [3.8, 4) is 5.75 Å². The molecular weight excluding hydrogens is 388 g/mol. The van der Waals surface area contributed by atoms with E-state index in [0.29, 0.717) is 17.4 Å². The van der Waals surface area contributed by atoms with E-state index >= 15 is 0 Å². The van der Waals surface area contributed by atoms with Gasteiger partial charge in [0.1, 0.15) is 12.1 Å². The standard InChI is InChI=1S/C22H21ClN4O2/c1-29-18-10-6-15(7-11-18)20-12-19(14-4-8-17(23)9-5-14)26(21(28)16-2-3-16)22-24-13-25-27(20)22/h4-11,13,16,19-20H,2-3,12H2,1H3/t19-,20-/m1/s1. The second-order valence-electron chi connectivity index (χ2n) is 7.58. The van der Waals surface area contributed by atoms with Gasteiger partial charge in [-0.3, -0.25) is 9.69 Å². The number of halogens is 1. The van der Waals surface area contributed by atoms with E-state index in [4.69, 9.17) is 16.3 Å². The maximum Gasteiger partial charge on any atom is 0.233 e. The van der Waals surface area contributed by atoms with Crippen LogP contribution in [0.15, 0.2) is 54.9 Å². The van der Waals surface area contributed by atoms with Gasteiger partial charge in [-0.25, -0.2) is 4.68 Å². The Balaban J connectivity index is 1.60. The Labute approximate surface area is 174 Å². The quantitative estimate of drug-likeness (QED) is 0.641. The minimum absolute atomic E-state index is 0.0256. The van der Waals surface area contributed by atoms with Gasteiger partial charge in [-0.2, -0.15) is 10.1 Å². The molecule has 148 valence electrons. The molecule has 2 aliphatic rings. The molecule has 1 aliphatic carbocycles. The van der Waals surface area contributed by atoms with Crippen LogP contribution in [0.2, 0.25) is 5.02 Å². The molecule has 2 heterocycles. The molecule has 0 unspecified atom stereocenters. The van der Waals surface area contributed by atoms with Crippen LogP contribution >= 0.6 is 11.6 Å². The molecule has 29 heavy (non-hydrogen) atoms. The fourth-order valence-corrected chi connectivity index (χ4v) is 4.17. The van der Waals surface area contributed by atoms with Crippen molar-refractivity contribution in [3.63, 3.8) is 0 Å². The summed E-state index contributed by atoms with van der Waals surface area (Å²) in [6.07, 6.45) is 4.13. The van der Waals surface area contributed by atoms with E-state index in [1.54, 1.807) is 7.11 Å². The summed E-state index contributed by atoms with van der Waals surface area (Å²) in [6.45, 7) is 0. The molecule has 6 nitrogen and oxygen atoms in total. The Morgan fingerprint density at radius 1 is 1.03 bits per heavy atom. The Kier molecular flexibility index (Phi) is 4.51. The first-order valence-corrected chi connectivity index (χ1v) is 10.2. The fraction of sp³-hybridized carbons (Fsp3) is 0.318. The van der Waals surface area contributed by atoms with Crippen LogP contribution in [-0.2, 0) is 4.79 Å². The van der Waals surface area contributed by atoms with Crippen molar-refractivity contribution in [1.82, 2.24) is 14.8 Å². The third-order valence-corrected chi connectivity index (χ3v) is 5.99. The summed E-state index contributed by atoms with van der Waals surface area (Å²) in [7, 11) is 1.66. The van der Waals surface area contributed by atoms with Crippen molar-refractivity contribution in [2.75, 3.05) is 12.0 Å². The Hall–Kier alpha value is -2.86. The molecule has 1 aliphatic heterocycles. The third-order valence-electron chi connectivity index (χ3n) is 5.74. The molecule has 0 N–H and O–H groups in total. The zero-order valence-corrected chi connectivity index (χ0v) is 16.8. The summed E-state index contributed by atoms with van der Waals surface area (Å²) in [5.74, 6) is 1.64. The van der Waals surface area contributed by atoms with Gasteiger partial charge in [0, 0.05) is 10.9 Å². The SMILES string of the molecule is COc1ccc([C@H]2C[C@H](c3ccc(Cl)cc3)N(C(=O)C3CC3)c3ncnn32)cc1. The van der Waals surface area contributed by atoms with Gasteiger partial charge in [-0.1, -0.05) is 35.9 Å². The molecule has 7 heteroatoms. The lowest BCUT2D eigenvalue weighted by atomic mass is 9.91. The van der Waals surface area contributed by atoms with Crippen molar-refractivity contribution in [3.05, 3.63) is 71.0 Å². The lowest BCUT2D eigenvalue weighted by Gasteiger charge is -2.39. The number of carbonyl (C=O) groups is 1. The molecule has 0 radical (unpaired) electrons. The number of rotatable bonds is 4. The van der Waals surface area contributed by atoms with Crippen LogP contribution in [0.25, 0.3) is 0 Å². The fourth-order valence-electron chi connectivity index (χ4n) is 4.05. The Morgan fingerprint density at radius 3 is 2.34 bits per heavy atom. The number of amides is 1. The van der Waals surface area contributed by atoms with Gasteiger partial charge in [0.15, 0.2) is 0 Å². The number of hydrogen-bond acceptors (Lipinski definition) is 4. The molecule has 1 saturated carbocycles. The van der Waals surface area contributed by atoms with E-state index < -0.39 is 0 Å². The van der Waals surface area contributed by atoms with Crippen LogP contribution in [0, 0.1) is 5.92 Å². The van der Waals surface area contributed by atoms with Gasteiger partial charge >= 0.3 is 0 Å². The van der Waals surface area contributed by atoms with Crippen LogP contribution in [0.3, 0.4) is 0 Å². The molecule has 2 aromatic carbocycles. The van der Waals surface area contributed by atoms with Gasteiger partial charge in [-0.15, -0.1) is 0 Å². The molecular formula is C22H21ClN4O2. The average Bonchev–Trinajstić information content (AvgIpc) is 3.50. The van der Waals surface area contributed by atoms with E-state index in [1.807, 2.05) is 58.1 Å². The molecule has 0 spiro atoms. The Bertz CT molecular complexity index is 1030. The summed E-state index contributed by atoms with van der Waals surface area (Å²) in [4.78, 5) is 19.5. The smallest absolute Gasteiger partial charge is 0.233 e. The third kappa shape index (κ3) is 3.27. The number of methoxy groups -OCH3 is 1. The minimum atomic E-state index is -0.121. The van der Waals surface area contributed by atoms with E-state index in [9.17, 15) is 4.79 Å². The lowest BCUT2D eigenvalue weighted by molar-refractivity contribution is -0.120. The highest BCUT2D eigenvalue weighted by molar-refractivity contribution is 6.30. The summed E-state index contributed by atoms with van der Waals surface area (Å²) in [5.41, 5.74) is 2.16. The number of ether oxygens (including phenoxy) is 1. The first-order chi connectivity index (χ1) is 14.2. The van der Waals surface area contributed by atoms with E-state index in [2.05, 4.69) is 10.1 Å². The van der Waals surface area contributed by atoms with Crippen molar-refractivity contribution in [2.45, 2.75) is 31.3 Å². The van der Waals surface area contributed by atoms with Crippen LogP contribution in [0.5, 0.6) is 5.75 Å². The van der Waals surface area contributed by atoms with Crippen LogP contribution in [0.1, 0.15) is 42.5 Å². The molecule has 1 aromatic heterocycles. The highest BCUT2D eigenvalue weighted by Gasteiger charge is 2.44. The maximum atomic E-state index is 13.2. The van der Waals surface area contributed by atoms with Gasteiger partial charge < -0.3 is 4.74 Å². The predicted octanol–water partition coefficient (Wildman–Crippen LogP) is 4.42. The molecule has 5 rings (SSSR count). The van der Waals surface area contributed by atoms with Crippen LogP contribution in [0.4, 0.5) is 5.95 Å². The lowest BCUT2D eigenvalue weighted by Crippen LogP contribution is -2.43. The van der Waals surface area contributed by atoms with Crippen molar-refractivity contribution < 1.29 is 9.53 Å². The molecule has 1 fully saturated rings. The molecule has 1 amide bonds. The minimum Gasteiger partial charge on any atom is -0.497 e. The maximum absolute atomic E-state index is 13.2. The summed E-state index contributed by atoms with van der Waals surface area (Å²) in [6, 6.07) is 15.6. The number of nitrogens with zero attached hydrogens (tertiary/aromatic N) is 4. The molecule has 0 saturated heterocycles. The van der Waals surface area contributed by atoms with Crippen molar-refractivity contribution in [1.29, 1.82) is 0 Å². The highest BCUT2D eigenvalue weighted by atomic mass is 35.5. The highest BCUT2D eigenvalue weighted by Crippen LogP contribution is 2.45. The second kappa shape index (κ2) is 7.19. The van der Waals surface area contributed by atoms with Crippen molar-refractivity contribution >= 4 is 23.5 Å². The number of carbonyl (C=O) groups excluding carboxylic acids is 1. The van der Waals surface area contributed by atoms with E-state index in [0.717, 1.165) is 29.7 Å². The van der Waals surface area contributed by atoms with Gasteiger partial charge in [0.25, 0.3) is 0 Å². The van der Waals surface area contributed by atoms with E-state index in [-0.39, 0.29) is 23.9 Å². The summed E-state index contributed by atoms with van der Waals surface area (Å²) >= 11 is 6.11. The monoisotopic (exact) mass is 408 g/mol. The average molecular weight is 409 g/mol. The number of aromatic nitrogens is 3. The first-order valence-electron chi connectivity index (χ1n) is 9.77. The molecule has 3 aromatic rings. The summed E-state index contributed by atoms with van der Waals surface area (Å²) < 4.78 is 7.16.